The minimum atomic E-state index is -3.49. The van der Waals surface area contributed by atoms with Crippen LogP contribution in [0.5, 0.6) is 0 Å². The molecule has 1 aromatic rings. The van der Waals surface area contributed by atoms with Gasteiger partial charge in [0.1, 0.15) is 0 Å². The lowest BCUT2D eigenvalue weighted by Gasteiger charge is -2.38. The Bertz CT molecular complexity index is 773. The van der Waals surface area contributed by atoms with E-state index in [0.717, 1.165) is 24.8 Å². The van der Waals surface area contributed by atoms with Gasteiger partial charge in [-0.2, -0.15) is 4.31 Å². The molecule has 0 radical (unpaired) electrons. The maximum Gasteiger partial charge on any atom is 0.247 e. The molecule has 0 aliphatic carbocycles. The van der Waals surface area contributed by atoms with Crippen LogP contribution in [0.4, 0.5) is 0 Å². The van der Waals surface area contributed by atoms with E-state index >= 15 is 0 Å². The predicted molar refractivity (Wildman–Crippen MR) is 105 cm³/mol. The molecule has 2 heterocycles. The second-order valence-corrected chi connectivity index (χ2v) is 9.23. The van der Waals surface area contributed by atoms with Gasteiger partial charge in [-0.1, -0.05) is 12.1 Å². The zero-order valence-electron chi connectivity index (χ0n) is 16.0. The highest BCUT2D eigenvalue weighted by atomic mass is 32.2. The molecule has 0 saturated carbocycles. The lowest BCUT2D eigenvalue weighted by molar-refractivity contribution is -0.131. The number of hydrogen-bond donors (Lipinski definition) is 0. The average molecular weight is 393 g/mol. The molecule has 3 rings (SSSR count). The van der Waals surface area contributed by atoms with E-state index in [1.807, 2.05) is 4.90 Å². The minimum absolute atomic E-state index is 0.0136. The number of carbonyl (C=O) groups excluding carboxylic acids is 1. The molecule has 2 aliphatic rings. The molecule has 7 heteroatoms. The zero-order valence-corrected chi connectivity index (χ0v) is 16.8. The van der Waals surface area contributed by atoms with Crippen LogP contribution < -0.4 is 0 Å². The summed E-state index contributed by atoms with van der Waals surface area (Å²) in [5, 5.41) is 0. The molecule has 0 bridgehead atoms. The third-order valence-electron chi connectivity index (χ3n) is 5.35. The van der Waals surface area contributed by atoms with E-state index in [2.05, 4.69) is 13.8 Å². The smallest absolute Gasteiger partial charge is 0.247 e. The Morgan fingerprint density at radius 3 is 2.26 bits per heavy atom. The van der Waals surface area contributed by atoms with Gasteiger partial charge in [0.25, 0.3) is 0 Å². The first-order valence-corrected chi connectivity index (χ1v) is 11.0. The van der Waals surface area contributed by atoms with Gasteiger partial charge in [-0.05, 0) is 56.9 Å². The van der Waals surface area contributed by atoms with Gasteiger partial charge >= 0.3 is 0 Å². The third kappa shape index (κ3) is 4.59. The van der Waals surface area contributed by atoms with Crippen molar-refractivity contribution in [3.05, 3.63) is 35.9 Å². The summed E-state index contributed by atoms with van der Waals surface area (Å²) >= 11 is 0. The Balaban J connectivity index is 1.68. The summed E-state index contributed by atoms with van der Waals surface area (Å²) in [5.74, 6) is 0.0136. The van der Waals surface area contributed by atoms with Crippen LogP contribution in [0.15, 0.2) is 35.2 Å². The summed E-state index contributed by atoms with van der Waals surface area (Å²) in [6.07, 6.45) is 6.58. The van der Waals surface area contributed by atoms with E-state index in [1.54, 1.807) is 36.4 Å². The number of nitrogens with zero attached hydrogens (tertiary/aromatic N) is 2. The van der Waals surface area contributed by atoms with E-state index < -0.39 is 10.0 Å². The fraction of sp³-hybridized carbons (Fsp3) is 0.550. The molecule has 2 atom stereocenters. The Kier molecular flexibility index (Phi) is 6.34. The molecule has 0 spiro atoms. The lowest BCUT2D eigenvalue weighted by atomic mass is 9.97. The number of carbonyl (C=O) groups is 1. The standard InChI is InChI=1S/C20H28N2O4S/c1-16-4-3-5-17(2)22(16)20(23)11-8-18-6-9-19(10-7-18)27(24,25)21-12-14-26-15-13-21/h6-11,16-17H,3-5,12-15H2,1-2H3/b11-8+. The summed E-state index contributed by atoms with van der Waals surface area (Å²) in [6.45, 7) is 5.79. The molecular formula is C20H28N2O4S. The Morgan fingerprint density at radius 1 is 1.07 bits per heavy atom. The van der Waals surface area contributed by atoms with Crippen molar-refractivity contribution in [2.24, 2.45) is 0 Å². The summed E-state index contributed by atoms with van der Waals surface area (Å²) in [5.41, 5.74) is 0.807. The van der Waals surface area contributed by atoms with Gasteiger partial charge in [0.2, 0.25) is 15.9 Å². The van der Waals surface area contributed by atoms with Crippen LogP contribution in [-0.4, -0.2) is 61.9 Å². The van der Waals surface area contributed by atoms with E-state index in [9.17, 15) is 13.2 Å². The molecule has 2 fully saturated rings. The van der Waals surface area contributed by atoms with Crippen molar-refractivity contribution in [1.82, 2.24) is 9.21 Å². The van der Waals surface area contributed by atoms with Gasteiger partial charge in [-0.3, -0.25) is 4.79 Å². The average Bonchev–Trinajstić information content (AvgIpc) is 2.67. The molecule has 1 amide bonds. The first-order chi connectivity index (χ1) is 12.9. The van der Waals surface area contributed by atoms with Crippen LogP contribution in [-0.2, 0) is 19.6 Å². The highest BCUT2D eigenvalue weighted by Gasteiger charge is 2.28. The van der Waals surface area contributed by atoms with Crippen LogP contribution in [0.25, 0.3) is 6.08 Å². The van der Waals surface area contributed by atoms with Gasteiger partial charge < -0.3 is 9.64 Å². The molecule has 27 heavy (non-hydrogen) atoms. The number of likely N-dealkylation sites (tertiary alicyclic amines) is 1. The van der Waals surface area contributed by atoms with E-state index in [0.29, 0.717) is 26.3 Å². The zero-order chi connectivity index (χ0) is 19.4. The maximum absolute atomic E-state index is 12.6. The molecule has 0 aromatic heterocycles. The Hall–Kier alpha value is -1.70. The quantitative estimate of drug-likeness (QED) is 0.739. The fourth-order valence-electron chi connectivity index (χ4n) is 3.80. The van der Waals surface area contributed by atoms with Crippen LogP contribution in [0.3, 0.4) is 0 Å². The van der Waals surface area contributed by atoms with Crippen molar-refractivity contribution < 1.29 is 17.9 Å². The van der Waals surface area contributed by atoms with Crippen LogP contribution in [0, 0.1) is 0 Å². The summed E-state index contributed by atoms with van der Waals surface area (Å²) < 4.78 is 31.9. The third-order valence-corrected chi connectivity index (χ3v) is 7.27. The summed E-state index contributed by atoms with van der Waals surface area (Å²) in [6, 6.07) is 7.18. The maximum atomic E-state index is 12.6. The summed E-state index contributed by atoms with van der Waals surface area (Å²) in [4.78, 5) is 14.8. The van der Waals surface area contributed by atoms with Gasteiger partial charge in [0.05, 0.1) is 18.1 Å². The number of hydrogen-bond acceptors (Lipinski definition) is 4. The van der Waals surface area contributed by atoms with E-state index in [-0.39, 0.29) is 22.9 Å². The van der Waals surface area contributed by atoms with Crippen LogP contribution in [0.2, 0.25) is 0 Å². The van der Waals surface area contributed by atoms with Crippen molar-refractivity contribution in [2.45, 2.75) is 50.1 Å². The SMILES string of the molecule is CC1CCCC(C)N1C(=O)/C=C/c1ccc(S(=O)(=O)N2CCOCC2)cc1. The number of rotatable bonds is 4. The number of amides is 1. The normalized spacial score (nSPS) is 25.0. The molecule has 6 nitrogen and oxygen atoms in total. The van der Waals surface area contributed by atoms with Crippen molar-refractivity contribution in [1.29, 1.82) is 0 Å². The number of benzene rings is 1. The fourth-order valence-corrected chi connectivity index (χ4v) is 5.20. The van der Waals surface area contributed by atoms with Crippen LogP contribution in [0.1, 0.15) is 38.7 Å². The van der Waals surface area contributed by atoms with Crippen LogP contribution >= 0.6 is 0 Å². The highest BCUT2D eigenvalue weighted by Crippen LogP contribution is 2.23. The van der Waals surface area contributed by atoms with Crippen molar-refractivity contribution in [2.75, 3.05) is 26.3 Å². The molecule has 148 valence electrons. The molecule has 2 aliphatic heterocycles. The van der Waals surface area contributed by atoms with Gasteiger partial charge in [0.15, 0.2) is 0 Å². The number of piperidine rings is 1. The van der Waals surface area contributed by atoms with Crippen molar-refractivity contribution in [3.8, 4) is 0 Å². The van der Waals surface area contributed by atoms with Gasteiger partial charge in [0, 0.05) is 31.2 Å². The minimum Gasteiger partial charge on any atom is -0.379 e. The second kappa shape index (κ2) is 8.54. The monoisotopic (exact) mass is 392 g/mol. The topological polar surface area (TPSA) is 66.9 Å². The van der Waals surface area contributed by atoms with E-state index in [1.165, 1.54) is 4.31 Å². The number of morpholine rings is 1. The number of sulfonamides is 1. The molecule has 2 unspecified atom stereocenters. The second-order valence-electron chi connectivity index (χ2n) is 7.29. The molecule has 2 saturated heterocycles. The predicted octanol–water partition coefficient (Wildman–Crippen LogP) is 2.51. The van der Waals surface area contributed by atoms with E-state index in [4.69, 9.17) is 4.74 Å². The Labute approximate surface area is 161 Å². The molecular weight excluding hydrogens is 364 g/mol. The number of ether oxygens (including phenoxy) is 1. The molecule has 0 N–H and O–H groups in total. The van der Waals surface area contributed by atoms with Crippen molar-refractivity contribution >= 4 is 22.0 Å². The van der Waals surface area contributed by atoms with Gasteiger partial charge in [-0.15, -0.1) is 0 Å². The lowest BCUT2D eigenvalue weighted by Crippen LogP contribution is -2.46. The first kappa shape index (κ1) is 20.0. The van der Waals surface area contributed by atoms with Gasteiger partial charge in [-0.25, -0.2) is 8.42 Å². The highest BCUT2D eigenvalue weighted by molar-refractivity contribution is 7.89. The largest absolute Gasteiger partial charge is 0.379 e. The Morgan fingerprint density at radius 2 is 1.67 bits per heavy atom. The van der Waals surface area contributed by atoms with Crippen molar-refractivity contribution in [3.63, 3.8) is 0 Å². The molecule has 1 aromatic carbocycles. The first-order valence-electron chi connectivity index (χ1n) is 9.58. The summed E-state index contributed by atoms with van der Waals surface area (Å²) in [7, 11) is -3.49.